The fraction of sp³-hybridized carbons (Fsp3) is 0.125. The third-order valence-corrected chi connectivity index (χ3v) is 4.51. The second-order valence-electron chi connectivity index (χ2n) is 4.71. The number of carbonyl (C=O) groups is 2. The smallest absolute Gasteiger partial charge is 0.310 e. The third kappa shape index (κ3) is 5.02. The minimum atomic E-state index is -0.612. The molecule has 0 atom stereocenters. The van der Waals surface area contributed by atoms with E-state index in [-0.39, 0.29) is 32.2 Å². The van der Waals surface area contributed by atoms with Crippen molar-refractivity contribution in [2.45, 2.75) is 6.42 Å². The van der Waals surface area contributed by atoms with E-state index in [1.807, 2.05) is 18.2 Å². The number of rotatable bonds is 5. The number of hydrogen-bond donors (Lipinski definition) is 1. The molecule has 0 radical (unpaired) electrons. The monoisotopic (exact) mass is 405 g/mol. The molecule has 2 aromatic carbocycles. The molecule has 4 nitrogen and oxygen atoms in total. The van der Waals surface area contributed by atoms with E-state index in [1.165, 1.54) is 6.07 Å². The van der Waals surface area contributed by atoms with Crippen LogP contribution >= 0.6 is 46.4 Å². The van der Waals surface area contributed by atoms with Gasteiger partial charge < -0.3 is 10.1 Å². The van der Waals surface area contributed by atoms with Gasteiger partial charge in [0.2, 0.25) is 0 Å². The lowest BCUT2D eigenvalue weighted by atomic mass is 10.2. The van der Waals surface area contributed by atoms with E-state index in [0.29, 0.717) is 0 Å². The number of amides is 1. The second kappa shape index (κ2) is 8.58. The van der Waals surface area contributed by atoms with Crippen LogP contribution in [0, 0.1) is 0 Å². The largest absolute Gasteiger partial charge is 0.455 e. The minimum Gasteiger partial charge on any atom is -0.455 e. The van der Waals surface area contributed by atoms with E-state index in [2.05, 4.69) is 5.32 Å². The van der Waals surface area contributed by atoms with E-state index in [1.54, 1.807) is 12.1 Å². The number of carbonyl (C=O) groups excluding carboxylic acids is 2. The Morgan fingerprint density at radius 1 is 0.958 bits per heavy atom. The zero-order chi connectivity index (χ0) is 17.7. The topological polar surface area (TPSA) is 55.4 Å². The number of halogens is 4. The lowest BCUT2D eigenvalue weighted by molar-refractivity contribution is -0.146. The summed E-state index contributed by atoms with van der Waals surface area (Å²) in [6.45, 7) is -0.484. The Balaban J connectivity index is 1.93. The predicted octanol–water partition coefficient (Wildman–Crippen LogP) is 5.02. The highest BCUT2D eigenvalue weighted by molar-refractivity contribution is 6.50. The molecule has 24 heavy (non-hydrogen) atoms. The van der Waals surface area contributed by atoms with Crippen molar-refractivity contribution in [1.82, 2.24) is 0 Å². The van der Waals surface area contributed by atoms with E-state index < -0.39 is 18.5 Å². The molecule has 1 N–H and O–H groups in total. The molecule has 0 aliphatic heterocycles. The molecule has 0 aliphatic rings. The molecule has 1 amide bonds. The zero-order valence-corrected chi connectivity index (χ0v) is 15.1. The maximum Gasteiger partial charge on any atom is 0.310 e. The van der Waals surface area contributed by atoms with Crippen LogP contribution in [0.3, 0.4) is 0 Å². The van der Waals surface area contributed by atoms with Crippen LogP contribution in [0.15, 0.2) is 36.4 Å². The van der Waals surface area contributed by atoms with Crippen LogP contribution < -0.4 is 5.32 Å². The maximum absolute atomic E-state index is 11.9. The van der Waals surface area contributed by atoms with E-state index in [9.17, 15) is 9.59 Å². The molecule has 8 heteroatoms. The van der Waals surface area contributed by atoms with Gasteiger partial charge >= 0.3 is 5.97 Å². The summed E-state index contributed by atoms with van der Waals surface area (Å²) in [5, 5.41) is 2.81. The molecule has 0 unspecified atom stereocenters. The summed E-state index contributed by atoms with van der Waals surface area (Å²) in [7, 11) is 0. The van der Waals surface area contributed by atoms with Crippen LogP contribution in [0.25, 0.3) is 0 Å². The van der Waals surface area contributed by atoms with Gasteiger partial charge in [-0.2, -0.15) is 0 Å². The lowest BCUT2D eigenvalue weighted by Crippen LogP contribution is -2.22. The number of hydrogen-bond acceptors (Lipinski definition) is 3. The molecular formula is C16H11Cl4NO3. The van der Waals surface area contributed by atoms with Gasteiger partial charge in [0.15, 0.2) is 6.61 Å². The summed E-state index contributed by atoms with van der Waals surface area (Å²) in [6, 6.07) is 10.4. The summed E-state index contributed by atoms with van der Waals surface area (Å²) in [4.78, 5) is 23.6. The fourth-order valence-corrected chi connectivity index (χ4v) is 2.72. The zero-order valence-electron chi connectivity index (χ0n) is 12.1. The van der Waals surface area contributed by atoms with E-state index in [4.69, 9.17) is 51.1 Å². The second-order valence-corrected chi connectivity index (χ2v) is 6.28. The molecular weight excluding hydrogens is 396 g/mol. The third-order valence-electron chi connectivity index (χ3n) is 2.93. The lowest BCUT2D eigenvalue weighted by Gasteiger charge is -2.12. The molecule has 0 spiro atoms. The summed E-state index contributed by atoms with van der Waals surface area (Å²) >= 11 is 23.7. The van der Waals surface area contributed by atoms with Crippen molar-refractivity contribution in [3.05, 3.63) is 62.1 Å². The number of ether oxygens (including phenoxy) is 1. The fourth-order valence-electron chi connectivity index (χ4n) is 1.82. The summed E-state index contributed by atoms with van der Waals surface area (Å²) in [5.74, 6) is -1.14. The number of benzene rings is 2. The number of nitrogens with one attached hydrogen (secondary N) is 1. The Bertz CT molecular complexity index is 739. The van der Waals surface area contributed by atoms with Crippen LogP contribution in [-0.4, -0.2) is 18.5 Å². The van der Waals surface area contributed by atoms with Crippen molar-refractivity contribution >= 4 is 64.0 Å². The van der Waals surface area contributed by atoms with Crippen LogP contribution in [0.4, 0.5) is 5.69 Å². The normalized spacial score (nSPS) is 10.3. The summed E-state index contributed by atoms with van der Waals surface area (Å²) < 4.78 is 4.92. The molecule has 2 rings (SSSR count). The van der Waals surface area contributed by atoms with Gasteiger partial charge in [-0.15, -0.1) is 0 Å². The highest BCUT2D eigenvalue weighted by Gasteiger charge is 2.17. The minimum absolute atomic E-state index is 0.0510. The van der Waals surface area contributed by atoms with Crippen molar-refractivity contribution in [2.24, 2.45) is 0 Å². The summed E-state index contributed by atoms with van der Waals surface area (Å²) in [6.07, 6.45) is 0.0681. The van der Waals surface area contributed by atoms with Gasteiger partial charge in [0.05, 0.1) is 32.2 Å². The first kappa shape index (κ1) is 18.9. The molecule has 2 aromatic rings. The molecule has 0 bridgehead atoms. The van der Waals surface area contributed by atoms with Gasteiger partial charge in [0.25, 0.3) is 5.91 Å². The SMILES string of the molecule is O=C(COC(=O)Cc1ccccc1)Nc1c(Cl)c(Cl)cc(Cl)c1Cl. The molecule has 0 heterocycles. The van der Waals surface area contributed by atoms with E-state index in [0.717, 1.165) is 5.56 Å². The van der Waals surface area contributed by atoms with Gasteiger partial charge in [-0.3, -0.25) is 9.59 Å². The Morgan fingerprint density at radius 3 is 2.12 bits per heavy atom. The van der Waals surface area contributed by atoms with Crippen molar-refractivity contribution in [1.29, 1.82) is 0 Å². The molecule has 0 aromatic heterocycles. The van der Waals surface area contributed by atoms with Gasteiger partial charge in [-0.1, -0.05) is 76.7 Å². The first-order valence-electron chi connectivity index (χ1n) is 6.71. The highest BCUT2D eigenvalue weighted by atomic mass is 35.5. The molecule has 0 saturated carbocycles. The van der Waals surface area contributed by atoms with Crippen LogP contribution in [0.5, 0.6) is 0 Å². The summed E-state index contributed by atoms with van der Waals surface area (Å²) in [5.41, 5.74) is 0.857. The Morgan fingerprint density at radius 2 is 1.54 bits per heavy atom. The van der Waals surface area contributed by atoms with Gasteiger partial charge in [-0.05, 0) is 11.6 Å². The van der Waals surface area contributed by atoms with Crippen molar-refractivity contribution in [3.8, 4) is 0 Å². The first-order chi connectivity index (χ1) is 11.4. The molecule has 0 fully saturated rings. The maximum atomic E-state index is 11.9. The first-order valence-corrected chi connectivity index (χ1v) is 8.22. The van der Waals surface area contributed by atoms with Crippen molar-refractivity contribution in [2.75, 3.05) is 11.9 Å². The average molecular weight is 407 g/mol. The average Bonchev–Trinajstić information content (AvgIpc) is 2.56. The molecule has 126 valence electrons. The van der Waals surface area contributed by atoms with E-state index >= 15 is 0 Å². The van der Waals surface area contributed by atoms with Crippen molar-refractivity contribution in [3.63, 3.8) is 0 Å². The Kier molecular flexibility index (Phi) is 6.75. The van der Waals surface area contributed by atoms with Crippen molar-refractivity contribution < 1.29 is 14.3 Å². The highest BCUT2D eigenvalue weighted by Crippen LogP contribution is 2.40. The Labute approximate surface area is 158 Å². The van der Waals surface area contributed by atoms with Gasteiger partial charge in [0, 0.05) is 0 Å². The standard InChI is InChI=1S/C16H11Cl4NO3/c17-10-7-11(18)15(20)16(14(10)19)21-12(22)8-24-13(23)6-9-4-2-1-3-5-9/h1-5,7H,6,8H2,(H,21,22). The quantitative estimate of drug-likeness (QED) is 0.559. The van der Waals surface area contributed by atoms with Crippen LogP contribution in [-0.2, 0) is 20.7 Å². The number of esters is 1. The number of anilines is 1. The molecule has 0 aliphatic carbocycles. The van der Waals surface area contributed by atoms with Crippen LogP contribution in [0.1, 0.15) is 5.56 Å². The van der Waals surface area contributed by atoms with Gasteiger partial charge in [-0.25, -0.2) is 0 Å². The predicted molar refractivity (Wildman–Crippen MR) is 96.2 cm³/mol. The Hall–Kier alpha value is -1.46. The van der Waals surface area contributed by atoms with Gasteiger partial charge in [0.1, 0.15) is 0 Å². The molecule has 0 saturated heterocycles. The van der Waals surface area contributed by atoms with Crippen LogP contribution in [0.2, 0.25) is 20.1 Å².